The number of aromatic nitrogens is 5. The standard InChI is InChI=1S/C15H21N5O2/c1-7-8(2)19-9(3)10(4)20-11-12(16-14(19)20)17(5)15(22)18(6)13(11)21/h8H,7H2,1-6H3. The number of imidazole rings is 2. The minimum atomic E-state index is -0.359. The smallest absolute Gasteiger partial charge is 0.311 e. The van der Waals surface area contributed by atoms with Crippen LogP contribution in [0.1, 0.15) is 37.7 Å². The van der Waals surface area contributed by atoms with Crippen LogP contribution >= 0.6 is 0 Å². The molecule has 0 aromatic carbocycles. The second-order valence-electron chi connectivity index (χ2n) is 5.92. The lowest BCUT2D eigenvalue weighted by Gasteiger charge is -2.13. The topological polar surface area (TPSA) is 66.2 Å². The fourth-order valence-corrected chi connectivity index (χ4v) is 3.06. The lowest BCUT2D eigenvalue weighted by atomic mass is 10.2. The van der Waals surface area contributed by atoms with Gasteiger partial charge in [-0.05, 0) is 27.2 Å². The predicted molar refractivity (Wildman–Crippen MR) is 85.6 cm³/mol. The minimum absolute atomic E-state index is 0.272. The Morgan fingerprint density at radius 3 is 2.32 bits per heavy atom. The Kier molecular flexibility index (Phi) is 3.05. The van der Waals surface area contributed by atoms with Gasteiger partial charge < -0.3 is 4.57 Å². The van der Waals surface area contributed by atoms with Crippen molar-refractivity contribution in [3.63, 3.8) is 0 Å². The number of hydrogen-bond donors (Lipinski definition) is 0. The van der Waals surface area contributed by atoms with Crippen molar-refractivity contribution >= 4 is 16.9 Å². The van der Waals surface area contributed by atoms with Crippen LogP contribution in [-0.4, -0.2) is 23.1 Å². The summed E-state index contributed by atoms with van der Waals surface area (Å²) in [5.74, 6) is 0.720. The van der Waals surface area contributed by atoms with Gasteiger partial charge in [-0.15, -0.1) is 0 Å². The van der Waals surface area contributed by atoms with E-state index < -0.39 is 0 Å². The van der Waals surface area contributed by atoms with E-state index >= 15 is 0 Å². The molecule has 0 spiro atoms. The highest BCUT2D eigenvalue weighted by molar-refractivity contribution is 5.76. The zero-order valence-corrected chi connectivity index (χ0v) is 13.8. The SMILES string of the molecule is CCC(C)n1c(C)c(C)n2c3c(=O)n(C)c(=O)n(C)c3nc12. The Bertz CT molecular complexity index is 1020. The number of hydrogen-bond acceptors (Lipinski definition) is 3. The van der Waals surface area contributed by atoms with E-state index in [0.29, 0.717) is 11.2 Å². The van der Waals surface area contributed by atoms with Gasteiger partial charge in [-0.25, -0.2) is 4.79 Å². The summed E-state index contributed by atoms with van der Waals surface area (Å²) >= 11 is 0. The van der Waals surface area contributed by atoms with Crippen LogP contribution in [0.25, 0.3) is 16.9 Å². The zero-order chi connectivity index (χ0) is 16.3. The van der Waals surface area contributed by atoms with Crippen LogP contribution < -0.4 is 11.2 Å². The lowest BCUT2D eigenvalue weighted by molar-refractivity contribution is 0.532. The van der Waals surface area contributed by atoms with Crippen LogP contribution in [0.5, 0.6) is 0 Å². The summed E-state index contributed by atoms with van der Waals surface area (Å²) in [6, 6.07) is 0.272. The molecule has 0 saturated carbocycles. The van der Waals surface area contributed by atoms with E-state index in [1.54, 1.807) is 7.05 Å². The molecule has 0 aliphatic rings. The first-order chi connectivity index (χ1) is 10.3. The molecule has 0 fully saturated rings. The van der Waals surface area contributed by atoms with Crippen molar-refractivity contribution in [1.82, 2.24) is 23.1 Å². The van der Waals surface area contributed by atoms with E-state index in [-0.39, 0.29) is 17.3 Å². The third-order valence-electron chi connectivity index (χ3n) is 4.71. The van der Waals surface area contributed by atoms with Gasteiger partial charge in [-0.1, -0.05) is 6.92 Å². The second kappa shape index (κ2) is 4.59. The molecule has 1 atom stereocenters. The molecule has 3 heterocycles. The number of rotatable bonds is 2. The van der Waals surface area contributed by atoms with Crippen molar-refractivity contribution in [3.05, 3.63) is 32.2 Å². The Morgan fingerprint density at radius 1 is 1.09 bits per heavy atom. The summed E-state index contributed by atoms with van der Waals surface area (Å²) in [5, 5.41) is 0. The van der Waals surface area contributed by atoms with E-state index in [2.05, 4.69) is 23.4 Å². The van der Waals surface area contributed by atoms with Gasteiger partial charge >= 0.3 is 5.69 Å². The third-order valence-corrected chi connectivity index (χ3v) is 4.71. The van der Waals surface area contributed by atoms with Crippen molar-refractivity contribution in [2.45, 2.75) is 40.2 Å². The van der Waals surface area contributed by atoms with Crippen LogP contribution in [0, 0.1) is 13.8 Å². The van der Waals surface area contributed by atoms with Gasteiger partial charge in [-0.3, -0.25) is 18.3 Å². The summed E-state index contributed by atoms with van der Waals surface area (Å²) in [5.41, 5.74) is 2.30. The molecule has 118 valence electrons. The van der Waals surface area contributed by atoms with Crippen LogP contribution in [-0.2, 0) is 14.1 Å². The number of nitrogens with zero attached hydrogens (tertiary/aromatic N) is 5. The molecule has 0 amide bonds. The first-order valence-corrected chi connectivity index (χ1v) is 7.46. The highest BCUT2D eigenvalue weighted by Gasteiger charge is 2.23. The Labute approximate surface area is 127 Å². The molecule has 0 radical (unpaired) electrons. The second-order valence-corrected chi connectivity index (χ2v) is 5.92. The fraction of sp³-hybridized carbons (Fsp3) is 0.533. The number of aryl methyl sites for hydroxylation is 2. The molecule has 7 nitrogen and oxygen atoms in total. The van der Waals surface area contributed by atoms with E-state index in [1.807, 2.05) is 18.2 Å². The molecule has 0 aliphatic carbocycles. The average molecular weight is 303 g/mol. The number of fused-ring (bicyclic) bond motifs is 3. The Hall–Kier alpha value is -2.31. The molecule has 3 aromatic rings. The summed E-state index contributed by atoms with van der Waals surface area (Å²) in [6.07, 6.45) is 0.963. The zero-order valence-electron chi connectivity index (χ0n) is 13.8. The molecular weight excluding hydrogens is 282 g/mol. The van der Waals surface area contributed by atoms with Crippen LogP contribution in [0.3, 0.4) is 0 Å². The van der Waals surface area contributed by atoms with Crippen molar-refractivity contribution in [2.75, 3.05) is 0 Å². The van der Waals surface area contributed by atoms with Crippen molar-refractivity contribution in [1.29, 1.82) is 0 Å². The summed E-state index contributed by atoms with van der Waals surface area (Å²) < 4.78 is 6.57. The lowest BCUT2D eigenvalue weighted by Crippen LogP contribution is -2.37. The van der Waals surface area contributed by atoms with Crippen molar-refractivity contribution in [2.24, 2.45) is 14.1 Å². The molecule has 3 rings (SSSR count). The van der Waals surface area contributed by atoms with E-state index in [9.17, 15) is 9.59 Å². The summed E-state index contributed by atoms with van der Waals surface area (Å²) in [6.45, 7) is 8.26. The molecule has 0 aliphatic heterocycles. The first-order valence-electron chi connectivity index (χ1n) is 7.46. The maximum Gasteiger partial charge on any atom is 0.332 e. The van der Waals surface area contributed by atoms with Crippen LogP contribution in [0.15, 0.2) is 9.59 Å². The normalized spacial score (nSPS) is 13.4. The monoisotopic (exact) mass is 303 g/mol. The predicted octanol–water partition coefficient (Wildman–Crippen LogP) is 1.27. The fourth-order valence-electron chi connectivity index (χ4n) is 3.06. The maximum absolute atomic E-state index is 12.6. The van der Waals surface area contributed by atoms with Gasteiger partial charge in [0, 0.05) is 31.5 Å². The van der Waals surface area contributed by atoms with E-state index in [0.717, 1.165) is 28.2 Å². The first kappa shape index (κ1) is 14.6. The van der Waals surface area contributed by atoms with E-state index in [4.69, 9.17) is 0 Å². The Morgan fingerprint density at radius 2 is 1.73 bits per heavy atom. The molecule has 22 heavy (non-hydrogen) atoms. The summed E-state index contributed by atoms with van der Waals surface area (Å²) in [7, 11) is 3.14. The maximum atomic E-state index is 12.6. The average Bonchev–Trinajstić information content (AvgIpc) is 2.99. The molecule has 1 unspecified atom stereocenters. The van der Waals surface area contributed by atoms with E-state index in [1.165, 1.54) is 11.6 Å². The van der Waals surface area contributed by atoms with Crippen LogP contribution in [0.4, 0.5) is 0 Å². The van der Waals surface area contributed by atoms with Gasteiger partial charge in [0.05, 0.1) is 0 Å². The quantitative estimate of drug-likeness (QED) is 0.716. The molecule has 7 heteroatoms. The molecular formula is C15H21N5O2. The van der Waals surface area contributed by atoms with Gasteiger partial charge in [0.2, 0.25) is 5.78 Å². The minimum Gasteiger partial charge on any atom is -0.311 e. The molecule has 3 aromatic heterocycles. The Balaban J connectivity index is 2.64. The molecule has 0 saturated heterocycles. The summed E-state index contributed by atoms with van der Waals surface area (Å²) in [4.78, 5) is 29.3. The highest BCUT2D eigenvalue weighted by atomic mass is 16.2. The highest BCUT2D eigenvalue weighted by Crippen LogP contribution is 2.25. The van der Waals surface area contributed by atoms with Gasteiger partial charge in [0.1, 0.15) is 0 Å². The van der Waals surface area contributed by atoms with Crippen molar-refractivity contribution in [3.8, 4) is 0 Å². The molecule has 0 N–H and O–H groups in total. The van der Waals surface area contributed by atoms with Crippen molar-refractivity contribution < 1.29 is 0 Å². The van der Waals surface area contributed by atoms with Gasteiger partial charge in [0.15, 0.2) is 11.2 Å². The van der Waals surface area contributed by atoms with Gasteiger partial charge in [0.25, 0.3) is 5.56 Å². The largest absolute Gasteiger partial charge is 0.332 e. The molecule has 0 bridgehead atoms. The third kappa shape index (κ3) is 1.59. The van der Waals surface area contributed by atoms with Gasteiger partial charge in [-0.2, -0.15) is 4.98 Å². The van der Waals surface area contributed by atoms with Crippen LogP contribution in [0.2, 0.25) is 0 Å².